The number of fused-ring (bicyclic) bond motifs is 1. The summed E-state index contributed by atoms with van der Waals surface area (Å²) in [6, 6.07) is 5.58. The van der Waals surface area contributed by atoms with Crippen molar-refractivity contribution in [1.29, 1.82) is 0 Å². The highest BCUT2D eigenvalue weighted by molar-refractivity contribution is 8.00. The van der Waals surface area contributed by atoms with E-state index < -0.39 is 0 Å². The van der Waals surface area contributed by atoms with Gasteiger partial charge in [-0.05, 0) is 18.4 Å². The van der Waals surface area contributed by atoms with Gasteiger partial charge in [0.25, 0.3) is 5.56 Å². The van der Waals surface area contributed by atoms with Crippen LogP contribution < -0.4 is 15.0 Å². The van der Waals surface area contributed by atoms with Crippen LogP contribution >= 0.6 is 23.1 Å². The topological polar surface area (TPSA) is 66.2 Å². The normalized spacial score (nSPS) is 11.3. The van der Waals surface area contributed by atoms with E-state index in [1.807, 2.05) is 38.3 Å². The molecule has 0 spiro atoms. The van der Waals surface area contributed by atoms with Crippen LogP contribution in [0.1, 0.15) is 31.2 Å². The minimum Gasteiger partial charge on any atom is -0.497 e. The summed E-state index contributed by atoms with van der Waals surface area (Å²) in [5.74, 6) is 2.24. The standard InChI is InChI=1S/C18H21N3O3S2/c1-10(2)15-20-16-14(19-18(25-5)26-16)17(22)21(15)9-11-6-7-12(23-3)8-13(11)24-4/h6-8,10H,9H2,1-5H3. The quantitative estimate of drug-likeness (QED) is 0.596. The number of aromatic nitrogens is 3. The zero-order chi connectivity index (χ0) is 18.8. The summed E-state index contributed by atoms with van der Waals surface area (Å²) >= 11 is 2.98. The molecule has 0 unspecified atom stereocenters. The van der Waals surface area contributed by atoms with Gasteiger partial charge in [0, 0.05) is 17.5 Å². The minimum absolute atomic E-state index is 0.108. The molecular formula is C18H21N3O3S2. The van der Waals surface area contributed by atoms with Crippen LogP contribution in [-0.4, -0.2) is 35.0 Å². The second kappa shape index (κ2) is 7.67. The Morgan fingerprint density at radius 2 is 2.00 bits per heavy atom. The Kier molecular flexibility index (Phi) is 5.52. The van der Waals surface area contributed by atoms with Crippen LogP contribution in [0.3, 0.4) is 0 Å². The second-order valence-corrected chi connectivity index (χ2v) is 8.06. The Hall–Kier alpha value is -2.06. The molecule has 2 heterocycles. The molecule has 138 valence electrons. The molecule has 0 saturated heterocycles. The van der Waals surface area contributed by atoms with Gasteiger partial charge in [-0.3, -0.25) is 9.36 Å². The van der Waals surface area contributed by atoms with Crippen molar-refractivity contribution in [2.45, 2.75) is 30.6 Å². The van der Waals surface area contributed by atoms with Crippen LogP contribution in [0.4, 0.5) is 0 Å². The van der Waals surface area contributed by atoms with E-state index in [0.717, 1.165) is 15.7 Å². The third-order valence-corrected chi connectivity index (χ3v) is 5.98. The first-order chi connectivity index (χ1) is 12.5. The highest BCUT2D eigenvalue weighted by atomic mass is 32.2. The lowest BCUT2D eigenvalue weighted by atomic mass is 10.1. The lowest BCUT2D eigenvalue weighted by molar-refractivity contribution is 0.389. The summed E-state index contributed by atoms with van der Waals surface area (Å²) in [6.45, 7) is 4.44. The maximum absolute atomic E-state index is 13.1. The Bertz CT molecular complexity index is 995. The van der Waals surface area contributed by atoms with Gasteiger partial charge in [-0.15, -0.1) is 0 Å². The zero-order valence-electron chi connectivity index (χ0n) is 15.4. The van der Waals surface area contributed by atoms with Gasteiger partial charge in [0.2, 0.25) is 0 Å². The average molecular weight is 392 g/mol. The Morgan fingerprint density at radius 3 is 2.62 bits per heavy atom. The van der Waals surface area contributed by atoms with E-state index in [1.54, 1.807) is 18.8 Å². The molecule has 0 fully saturated rings. The molecule has 2 aromatic heterocycles. The van der Waals surface area contributed by atoms with Gasteiger partial charge in [0.1, 0.15) is 17.3 Å². The summed E-state index contributed by atoms with van der Waals surface area (Å²) in [7, 11) is 3.22. The second-order valence-electron chi connectivity index (χ2n) is 6.03. The van der Waals surface area contributed by atoms with Crippen LogP contribution in [0.2, 0.25) is 0 Å². The number of nitrogens with zero attached hydrogens (tertiary/aromatic N) is 3. The fourth-order valence-electron chi connectivity index (χ4n) is 2.74. The van der Waals surface area contributed by atoms with E-state index in [4.69, 9.17) is 14.5 Å². The zero-order valence-corrected chi connectivity index (χ0v) is 17.0. The molecule has 6 nitrogen and oxygen atoms in total. The number of methoxy groups -OCH3 is 2. The van der Waals surface area contributed by atoms with Crippen molar-refractivity contribution in [3.8, 4) is 11.5 Å². The summed E-state index contributed by atoms with van der Waals surface area (Å²) < 4.78 is 13.3. The van der Waals surface area contributed by atoms with Crippen LogP contribution in [0.5, 0.6) is 11.5 Å². The number of thioether (sulfide) groups is 1. The molecule has 0 bridgehead atoms. The van der Waals surface area contributed by atoms with Crippen molar-refractivity contribution in [3.63, 3.8) is 0 Å². The fourth-order valence-corrected chi connectivity index (χ4v) is 4.16. The molecule has 0 aliphatic rings. The monoisotopic (exact) mass is 391 g/mol. The molecule has 1 aromatic carbocycles. The molecule has 3 rings (SSSR count). The largest absolute Gasteiger partial charge is 0.497 e. The lowest BCUT2D eigenvalue weighted by Crippen LogP contribution is -2.26. The van der Waals surface area contributed by atoms with E-state index in [2.05, 4.69) is 4.98 Å². The molecule has 0 aliphatic carbocycles. The van der Waals surface area contributed by atoms with Crippen LogP contribution in [0.25, 0.3) is 10.3 Å². The first-order valence-corrected chi connectivity index (χ1v) is 10.2. The van der Waals surface area contributed by atoms with Gasteiger partial charge in [-0.2, -0.15) is 0 Å². The number of benzene rings is 1. The summed E-state index contributed by atoms with van der Waals surface area (Å²) in [6.07, 6.45) is 1.95. The molecular weight excluding hydrogens is 370 g/mol. The van der Waals surface area contributed by atoms with Gasteiger partial charge in [0.15, 0.2) is 14.7 Å². The van der Waals surface area contributed by atoms with Crippen molar-refractivity contribution >= 4 is 33.4 Å². The van der Waals surface area contributed by atoms with Gasteiger partial charge in [0.05, 0.1) is 20.8 Å². The summed E-state index contributed by atoms with van der Waals surface area (Å²) in [5, 5.41) is 0. The third-order valence-electron chi connectivity index (χ3n) is 4.04. The SMILES string of the molecule is COc1ccc(Cn2c(C(C)C)nc3sc(SC)nc3c2=O)c(OC)c1. The van der Waals surface area contributed by atoms with Gasteiger partial charge < -0.3 is 9.47 Å². The van der Waals surface area contributed by atoms with Crippen LogP contribution in [-0.2, 0) is 6.54 Å². The van der Waals surface area contributed by atoms with E-state index in [1.165, 1.54) is 23.1 Å². The number of rotatable bonds is 6. The smallest absolute Gasteiger partial charge is 0.281 e. The first kappa shape index (κ1) is 18.7. The summed E-state index contributed by atoms with van der Waals surface area (Å²) in [5.41, 5.74) is 1.20. The predicted molar refractivity (Wildman–Crippen MR) is 106 cm³/mol. The number of thiazole rings is 1. The highest BCUT2D eigenvalue weighted by Gasteiger charge is 2.19. The molecule has 0 saturated carbocycles. The summed E-state index contributed by atoms with van der Waals surface area (Å²) in [4.78, 5) is 23.0. The van der Waals surface area contributed by atoms with Gasteiger partial charge in [-0.25, -0.2) is 9.97 Å². The molecule has 0 radical (unpaired) electrons. The van der Waals surface area contributed by atoms with Crippen LogP contribution in [0, 0.1) is 0 Å². The van der Waals surface area contributed by atoms with Gasteiger partial charge >= 0.3 is 0 Å². The lowest BCUT2D eigenvalue weighted by Gasteiger charge is -2.16. The highest BCUT2D eigenvalue weighted by Crippen LogP contribution is 2.28. The van der Waals surface area contributed by atoms with Crippen molar-refractivity contribution in [2.75, 3.05) is 20.5 Å². The Labute approximate surface area is 160 Å². The first-order valence-electron chi connectivity index (χ1n) is 8.14. The van der Waals surface area contributed by atoms with E-state index in [0.29, 0.717) is 28.4 Å². The molecule has 0 aliphatic heterocycles. The number of hydrogen-bond donors (Lipinski definition) is 0. The van der Waals surface area contributed by atoms with Gasteiger partial charge in [-0.1, -0.05) is 36.9 Å². The van der Waals surface area contributed by atoms with Crippen molar-refractivity contribution < 1.29 is 9.47 Å². The minimum atomic E-state index is -0.117. The number of hydrogen-bond acceptors (Lipinski definition) is 7. The third kappa shape index (κ3) is 3.43. The van der Waals surface area contributed by atoms with Crippen LogP contribution in [0.15, 0.2) is 27.3 Å². The molecule has 8 heteroatoms. The Balaban J connectivity index is 2.16. The van der Waals surface area contributed by atoms with Crippen molar-refractivity contribution in [3.05, 3.63) is 39.9 Å². The Morgan fingerprint density at radius 1 is 1.23 bits per heavy atom. The van der Waals surface area contributed by atoms with E-state index in [-0.39, 0.29) is 11.5 Å². The predicted octanol–water partition coefficient (Wildman–Crippen LogP) is 3.76. The van der Waals surface area contributed by atoms with Crippen molar-refractivity contribution in [1.82, 2.24) is 14.5 Å². The molecule has 0 atom stereocenters. The molecule has 0 N–H and O–H groups in total. The maximum Gasteiger partial charge on any atom is 0.281 e. The average Bonchev–Trinajstić information content (AvgIpc) is 3.07. The molecule has 0 amide bonds. The van der Waals surface area contributed by atoms with E-state index in [9.17, 15) is 4.79 Å². The fraction of sp³-hybridized carbons (Fsp3) is 0.389. The van der Waals surface area contributed by atoms with E-state index >= 15 is 0 Å². The van der Waals surface area contributed by atoms with Crippen molar-refractivity contribution in [2.24, 2.45) is 0 Å². The molecule has 26 heavy (non-hydrogen) atoms. The maximum atomic E-state index is 13.1. The molecule has 3 aromatic rings. The number of ether oxygens (including phenoxy) is 2.